The van der Waals surface area contributed by atoms with E-state index in [1.54, 1.807) is 6.92 Å². The number of amides is 2. The number of fused-ring (bicyclic) bond motifs is 1. The minimum atomic E-state index is -0.268. The molecule has 27 heavy (non-hydrogen) atoms. The Hall–Kier alpha value is -2.22. The number of carbonyl (C=O) groups excluding carboxylic acids is 2. The van der Waals surface area contributed by atoms with Crippen molar-refractivity contribution in [3.63, 3.8) is 0 Å². The van der Waals surface area contributed by atoms with Crippen molar-refractivity contribution in [1.82, 2.24) is 19.8 Å². The molecule has 1 aliphatic heterocycles. The minimum Gasteiger partial charge on any atom is -0.349 e. The zero-order valence-corrected chi connectivity index (χ0v) is 17.1. The molecule has 2 aromatic rings. The molecule has 0 aromatic carbocycles. The average Bonchev–Trinajstić information content (AvgIpc) is 2.94. The number of rotatable bonds is 4. The number of aromatic nitrogens is 2. The van der Waals surface area contributed by atoms with Crippen molar-refractivity contribution in [2.75, 3.05) is 6.54 Å². The number of carbonyl (C=O) groups is 2. The minimum absolute atomic E-state index is 0.0101. The van der Waals surface area contributed by atoms with Gasteiger partial charge in [-0.05, 0) is 52.5 Å². The molecule has 0 spiro atoms. The van der Waals surface area contributed by atoms with Crippen LogP contribution in [0.15, 0.2) is 11.1 Å². The number of nitrogens with zero attached hydrogens (tertiary/aromatic N) is 3. The standard InChI is InChI=1S/C19H26N4O3S/c1-11(2)21-17(25)16-13(4)15-18(27-16)20-10-22(19(15)26)9-14(24)23-8-6-5-7-12(23)3/h10-12H,5-9H2,1-4H3,(H,21,25)/t12-/m1/s1. The Bertz CT molecular complexity index is 931. The summed E-state index contributed by atoms with van der Waals surface area (Å²) in [6.45, 7) is 8.30. The smallest absolute Gasteiger partial charge is 0.262 e. The van der Waals surface area contributed by atoms with Gasteiger partial charge in [0.15, 0.2) is 0 Å². The molecule has 0 radical (unpaired) electrons. The van der Waals surface area contributed by atoms with Gasteiger partial charge >= 0.3 is 0 Å². The maximum absolute atomic E-state index is 12.9. The lowest BCUT2D eigenvalue weighted by molar-refractivity contribution is -0.135. The van der Waals surface area contributed by atoms with Crippen LogP contribution in [0.2, 0.25) is 0 Å². The molecule has 1 N–H and O–H groups in total. The van der Waals surface area contributed by atoms with Crippen molar-refractivity contribution in [2.45, 2.75) is 65.6 Å². The van der Waals surface area contributed by atoms with Gasteiger partial charge in [0.05, 0.1) is 16.6 Å². The van der Waals surface area contributed by atoms with E-state index in [2.05, 4.69) is 10.3 Å². The van der Waals surface area contributed by atoms with E-state index in [1.165, 1.54) is 22.2 Å². The number of thiophene rings is 1. The van der Waals surface area contributed by atoms with E-state index < -0.39 is 0 Å². The Kier molecular flexibility index (Phi) is 5.64. The number of aryl methyl sites for hydroxylation is 1. The SMILES string of the molecule is Cc1c(C(=O)NC(C)C)sc2ncn(CC(=O)N3CCCC[C@H]3C)c(=O)c12. The molecule has 2 amide bonds. The highest BCUT2D eigenvalue weighted by Gasteiger charge is 2.25. The van der Waals surface area contributed by atoms with Gasteiger partial charge in [-0.1, -0.05) is 0 Å². The quantitative estimate of drug-likeness (QED) is 0.868. The first-order valence-electron chi connectivity index (χ1n) is 9.38. The maximum atomic E-state index is 12.9. The van der Waals surface area contributed by atoms with E-state index in [-0.39, 0.29) is 36.0 Å². The summed E-state index contributed by atoms with van der Waals surface area (Å²) in [6.07, 6.45) is 4.54. The lowest BCUT2D eigenvalue weighted by Crippen LogP contribution is -2.44. The van der Waals surface area contributed by atoms with E-state index in [4.69, 9.17) is 0 Å². The Morgan fingerprint density at radius 3 is 2.78 bits per heavy atom. The summed E-state index contributed by atoms with van der Waals surface area (Å²) in [5.74, 6) is -0.259. The summed E-state index contributed by atoms with van der Waals surface area (Å²) in [7, 11) is 0. The number of nitrogens with one attached hydrogen (secondary N) is 1. The molecule has 1 fully saturated rings. The topological polar surface area (TPSA) is 84.3 Å². The second kappa shape index (κ2) is 7.80. The summed E-state index contributed by atoms with van der Waals surface area (Å²) in [4.78, 5) is 45.2. The first-order valence-corrected chi connectivity index (χ1v) is 10.2. The van der Waals surface area contributed by atoms with Gasteiger partial charge < -0.3 is 10.2 Å². The molecule has 8 heteroatoms. The van der Waals surface area contributed by atoms with Crippen molar-refractivity contribution in [1.29, 1.82) is 0 Å². The van der Waals surface area contributed by atoms with Gasteiger partial charge in [-0.25, -0.2) is 4.98 Å². The summed E-state index contributed by atoms with van der Waals surface area (Å²) in [6, 6.07) is 0.212. The van der Waals surface area contributed by atoms with Crippen molar-refractivity contribution in [2.24, 2.45) is 0 Å². The van der Waals surface area contributed by atoms with Crippen LogP contribution in [0, 0.1) is 6.92 Å². The summed E-state index contributed by atoms with van der Waals surface area (Å²) < 4.78 is 1.36. The molecule has 2 aromatic heterocycles. The Labute approximate surface area is 162 Å². The van der Waals surface area contributed by atoms with Crippen molar-refractivity contribution < 1.29 is 9.59 Å². The van der Waals surface area contributed by atoms with E-state index in [0.29, 0.717) is 20.7 Å². The fourth-order valence-corrected chi connectivity index (χ4v) is 4.56. The third-order valence-electron chi connectivity index (χ3n) is 4.97. The Morgan fingerprint density at radius 2 is 2.11 bits per heavy atom. The van der Waals surface area contributed by atoms with Crippen LogP contribution in [-0.4, -0.2) is 44.9 Å². The van der Waals surface area contributed by atoms with Crippen LogP contribution in [0.1, 0.15) is 55.3 Å². The molecule has 146 valence electrons. The molecule has 1 aliphatic rings. The Morgan fingerprint density at radius 1 is 1.37 bits per heavy atom. The van der Waals surface area contributed by atoms with E-state index in [1.807, 2.05) is 25.7 Å². The van der Waals surface area contributed by atoms with Crippen molar-refractivity contribution in [3.8, 4) is 0 Å². The molecule has 3 rings (SSSR count). The summed E-state index contributed by atoms with van der Waals surface area (Å²) in [5, 5.41) is 3.28. The first kappa shape index (κ1) is 19.5. The van der Waals surface area contributed by atoms with Crippen LogP contribution in [0.25, 0.3) is 10.2 Å². The lowest BCUT2D eigenvalue weighted by atomic mass is 10.0. The fourth-order valence-electron chi connectivity index (χ4n) is 3.52. The lowest BCUT2D eigenvalue weighted by Gasteiger charge is -2.33. The molecule has 1 atom stereocenters. The Balaban J connectivity index is 1.91. The maximum Gasteiger partial charge on any atom is 0.262 e. The summed E-state index contributed by atoms with van der Waals surface area (Å²) >= 11 is 1.21. The predicted molar refractivity (Wildman–Crippen MR) is 106 cm³/mol. The normalized spacial score (nSPS) is 17.5. The van der Waals surface area contributed by atoms with Crippen molar-refractivity contribution in [3.05, 3.63) is 27.1 Å². The van der Waals surface area contributed by atoms with Crippen LogP contribution in [0.3, 0.4) is 0 Å². The number of hydrogen-bond donors (Lipinski definition) is 1. The van der Waals surface area contributed by atoms with Gasteiger partial charge in [-0.15, -0.1) is 11.3 Å². The number of likely N-dealkylation sites (tertiary alicyclic amines) is 1. The van der Waals surface area contributed by atoms with Gasteiger partial charge in [0.25, 0.3) is 11.5 Å². The largest absolute Gasteiger partial charge is 0.349 e. The first-order chi connectivity index (χ1) is 12.8. The molecule has 0 bridgehead atoms. The molecular formula is C19H26N4O3S. The van der Waals surface area contributed by atoms with Gasteiger partial charge in [0.2, 0.25) is 5.91 Å². The van der Waals surface area contributed by atoms with Gasteiger partial charge in [0.1, 0.15) is 11.4 Å². The molecule has 0 aliphatic carbocycles. The van der Waals surface area contributed by atoms with Crippen LogP contribution in [-0.2, 0) is 11.3 Å². The third-order valence-corrected chi connectivity index (χ3v) is 6.17. The van der Waals surface area contributed by atoms with E-state index in [9.17, 15) is 14.4 Å². The molecule has 0 saturated carbocycles. The van der Waals surface area contributed by atoms with E-state index in [0.717, 1.165) is 25.8 Å². The molecule has 7 nitrogen and oxygen atoms in total. The van der Waals surface area contributed by atoms with Crippen LogP contribution >= 0.6 is 11.3 Å². The number of hydrogen-bond acceptors (Lipinski definition) is 5. The third kappa shape index (κ3) is 3.90. The van der Waals surface area contributed by atoms with Gasteiger partial charge in [-0.2, -0.15) is 0 Å². The zero-order chi connectivity index (χ0) is 19.7. The zero-order valence-electron chi connectivity index (χ0n) is 16.2. The highest BCUT2D eigenvalue weighted by atomic mass is 32.1. The predicted octanol–water partition coefficient (Wildman–Crippen LogP) is 2.31. The second-order valence-electron chi connectivity index (χ2n) is 7.47. The summed E-state index contributed by atoms with van der Waals surface area (Å²) in [5.41, 5.74) is 0.356. The van der Waals surface area contributed by atoms with Crippen molar-refractivity contribution >= 4 is 33.4 Å². The van der Waals surface area contributed by atoms with E-state index >= 15 is 0 Å². The molecule has 1 saturated heterocycles. The van der Waals surface area contributed by atoms with Crippen LogP contribution in [0.5, 0.6) is 0 Å². The van der Waals surface area contributed by atoms with Crippen LogP contribution < -0.4 is 10.9 Å². The monoisotopic (exact) mass is 390 g/mol. The highest BCUT2D eigenvalue weighted by Crippen LogP contribution is 2.27. The fraction of sp³-hybridized carbons (Fsp3) is 0.579. The number of piperidine rings is 1. The highest BCUT2D eigenvalue weighted by molar-refractivity contribution is 7.20. The van der Waals surface area contributed by atoms with Gasteiger partial charge in [-0.3, -0.25) is 19.0 Å². The second-order valence-corrected chi connectivity index (χ2v) is 8.47. The van der Waals surface area contributed by atoms with Gasteiger partial charge in [0, 0.05) is 18.6 Å². The molecule has 3 heterocycles. The average molecular weight is 391 g/mol. The molecule has 0 unspecified atom stereocenters. The van der Waals surface area contributed by atoms with Crippen LogP contribution in [0.4, 0.5) is 0 Å². The molecular weight excluding hydrogens is 364 g/mol.